The van der Waals surface area contributed by atoms with Gasteiger partial charge in [-0.05, 0) is 36.4 Å². The van der Waals surface area contributed by atoms with E-state index in [4.69, 9.17) is 19.4 Å². The van der Waals surface area contributed by atoms with Crippen LogP contribution in [0.1, 0.15) is 0 Å². The third-order valence-corrected chi connectivity index (χ3v) is 9.79. The van der Waals surface area contributed by atoms with Crippen LogP contribution in [0, 0.1) is 0 Å². The molecule has 0 N–H and O–H groups in total. The molecule has 0 spiro atoms. The Labute approximate surface area is 260 Å². The van der Waals surface area contributed by atoms with E-state index in [1.54, 1.807) is 0 Å². The number of nitrogens with zero attached hydrogens (tertiary/aromatic N) is 4. The molecule has 0 fully saturated rings. The summed E-state index contributed by atoms with van der Waals surface area (Å²) in [5.74, 6) is 1.84. The molecule has 0 radical (unpaired) electrons. The van der Waals surface area contributed by atoms with Gasteiger partial charge in [0, 0.05) is 52.8 Å². The van der Waals surface area contributed by atoms with Gasteiger partial charge in [-0.3, -0.25) is 4.57 Å². The number of fused-ring (bicyclic) bond motifs is 10. The van der Waals surface area contributed by atoms with E-state index in [0.717, 1.165) is 54.9 Å². The summed E-state index contributed by atoms with van der Waals surface area (Å²) in [6.07, 6.45) is 0. The first-order chi connectivity index (χ1) is 22.3. The SMILES string of the molecule is c1ccc(-c2nc(-c3ccccc3)nc(-n3c4ccccc4c4cc5oc6ccc7sc8ccccc8c7c6c5cc43)n2)cc1. The van der Waals surface area contributed by atoms with Gasteiger partial charge in [0.05, 0.1) is 11.0 Å². The van der Waals surface area contributed by atoms with Gasteiger partial charge in [0.15, 0.2) is 11.6 Å². The molecular formula is C39H22N4OS. The molecule has 45 heavy (non-hydrogen) atoms. The Hall–Kier alpha value is -5.85. The highest BCUT2D eigenvalue weighted by Crippen LogP contribution is 2.44. The van der Waals surface area contributed by atoms with Gasteiger partial charge in [0.2, 0.25) is 5.95 Å². The molecule has 4 heterocycles. The molecule has 5 nitrogen and oxygen atoms in total. The Kier molecular flexibility index (Phi) is 5.09. The maximum Gasteiger partial charge on any atom is 0.238 e. The van der Waals surface area contributed by atoms with E-state index in [1.165, 1.54) is 20.2 Å². The Morgan fingerprint density at radius 2 is 1.13 bits per heavy atom. The fraction of sp³-hybridized carbons (Fsp3) is 0. The lowest BCUT2D eigenvalue weighted by atomic mass is 10.0. The second-order valence-corrected chi connectivity index (χ2v) is 12.3. The molecule has 0 bridgehead atoms. The summed E-state index contributed by atoms with van der Waals surface area (Å²) in [6, 6.07) is 46.0. The topological polar surface area (TPSA) is 56.7 Å². The number of hydrogen-bond acceptors (Lipinski definition) is 5. The van der Waals surface area contributed by atoms with Crippen LogP contribution in [0.2, 0.25) is 0 Å². The van der Waals surface area contributed by atoms with E-state index < -0.39 is 0 Å². The molecule has 0 aliphatic heterocycles. The van der Waals surface area contributed by atoms with Gasteiger partial charge in [-0.1, -0.05) is 97.1 Å². The first kappa shape index (κ1) is 24.6. The van der Waals surface area contributed by atoms with Crippen LogP contribution in [0.4, 0.5) is 0 Å². The van der Waals surface area contributed by atoms with Crippen molar-refractivity contribution in [1.82, 2.24) is 19.5 Å². The van der Waals surface area contributed by atoms with Crippen LogP contribution in [0.3, 0.4) is 0 Å². The van der Waals surface area contributed by atoms with Crippen molar-refractivity contribution in [1.29, 1.82) is 0 Å². The van der Waals surface area contributed by atoms with Crippen molar-refractivity contribution < 1.29 is 4.42 Å². The van der Waals surface area contributed by atoms with Crippen LogP contribution in [-0.4, -0.2) is 19.5 Å². The summed E-state index contributed by atoms with van der Waals surface area (Å²) in [4.78, 5) is 15.1. The minimum atomic E-state index is 0.576. The summed E-state index contributed by atoms with van der Waals surface area (Å²) in [7, 11) is 0. The second kappa shape index (κ2) is 9.32. The normalized spacial score (nSPS) is 12.0. The number of para-hydroxylation sites is 1. The van der Waals surface area contributed by atoms with Gasteiger partial charge >= 0.3 is 0 Å². The highest BCUT2D eigenvalue weighted by atomic mass is 32.1. The first-order valence-corrected chi connectivity index (χ1v) is 15.7. The number of rotatable bonds is 3. The first-order valence-electron chi connectivity index (χ1n) is 14.9. The molecule has 10 aromatic rings. The minimum absolute atomic E-state index is 0.576. The molecular weight excluding hydrogens is 573 g/mol. The molecule has 0 atom stereocenters. The lowest BCUT2D eigenvalue weighted by Crippen LogP contribution is -2.06. The van der Waals surface area contributed by atoms with Crippen LogP contribution in [0.15, 0.2) is 138 Å². The highest BCUT2D eigenvalue weighted by molar-refractivity contribution is 7.26. The van der Waals surface area contributed by atoms with Gasteiger partial charge in [0.1, 0.15) is 11.2 Å². The lowest BCUT2D eigenvalue weighted by Gasteiger charge is -2.11. The standard InChI is InChI=1S/C39H22N4OS/c1-3-11-23(12-4-1)37-40-38(24-13-5-2-6-14-24)42-39(41-37)43-29-17-9-7-15-25(29)27-22-32-28(21-30(27)43)35-31(44-32)19-20-34-36(35)26-16-8-10-18-33(26)45-34/h1-22H. The van der Waals surface area contributed by atoms with E-state index in [9.17, 15) is 0 Å². The van der Waals surface area contributed by atoms with Crippen LogP contribution >= 0.6 is 11.3 Å². The zero-order chi connectivity index (χ0) is 29.5. The van der Waals surface area contributed by atoms with Gasteiger partial charge in [0.25, 0.3) is 0 Å². The Balaban J connectivity index is 1.34. The molecule has 0 aliphatic carbocycles. The molecule has 0 unspecified atom stereocenters. The van der Waals surface area contributed by atoms with Gasteiger partial charge in [-0.25, -0.2) is 4.98 Å². The second-order valence-electron chi connectivity index (χ2n) is 11.2. The van der Waals surface area contributed by atoms with E-state index in [-0.39, 0.29) is 0 Å². The molecule has 10 rings (SSSR count). The summed E-state index contributed by atoms with van der Waals surface area (Å²) < 4.78 is 11.3. The van der Waals surface area contributed by atoms with E-state index in [2.05, 4.69) is 77.4 Å². The predicted octanol–water partition coefficient (Wildman–Crippen LogP) is 10.6. The van der Waals surface area contributed by atoms with Gasteiger partial charge < -0.3 is 4.42 Å². The third-order valence-electron chi connectivity index (χ3n) is 8.66. The van der Waals surface area contributed by atoms with Crippen molar-refractivity contribution in [2.24, 2.45) is 0 Å². The fourth-order valence-electron chi connectivity index (χ4n) is 6.66. The van der Waals surface area contributed by atoms with Crippen molar-refractivity contribution in [3.05, 3.63) is 133 Å². The molecule has 0 aliphatic rings. The maximum atomic E-state index is 6.56. The molecule has 4 aromatic heterocycles. The van der Waals surface area contributed by atoms with Crippen LogP contribution < -0.4 is 0 Å². The summed E-state index contributed by atoms with van der Waals surface area (Å²) in [5.41, 5.74) is 5.69. The summed E-state index contributed by atoms with van der Waals surface area (Å²) in [5, 5.41) is 6.92. The average Bonchev–Trinajstić information content (AvgIpc) is 3.76. The Bertz CT molecular complexity index is 2700. The number of thiophene rings is 1. The van der Waals surface area contributed by atoms with Gasteiger partial charge in [-0.2, -0.15) is 9.97 Å². The molecule has 210 valence electrons. The highest BCUT2D eigenvalue weighted by Gasteiger charge is 2.21. The molecule has 0 saturated carbocycles. The number of benzene rings is 6. The quantitative estimate of drug-likeness (QED) is 0.204. The maximum absolute atomic E-state index is 6.56. The number of furan rings is 1. The minimum Gasteiger partial charge on any atom is -0.456 e. The zero-order valence-electron chi connectivity index (χ0n) is 23.8. The summed E-state index contributed by atoms with van der Waals surface area (Å²) >= 11 is 1.82. The average molecular weight is 595 g/mol. The van der Waals surface area contributed by atoms with Crippen molar-refractivity contribution in [2.45, 2.75) is 0 Å². The summed E-state index contributed by atoms with van der Waals surface area (Å²) in [6.45, 7) is 0. The van der Waals surface area contributed by atoms with E-state index in [0.29, 0.717) is 17.6 Å². The van der Waals surface area contributed by atoms with Gasteiger partial charge in [-0.15, -0.1) is 11.3 Å². The van der Waals surface area contributed by atoms with Crippen molar-refractivity contribution in [2.75, 3.05) is 0 Å². The third kappa shape index (κ3) is 3.63. The largest absolute Gasteiger partial charge is 0.456 e. The number of hydrogen-bond donors (Lipinski definition) is 0. The fourth-order valence-corrected chi connectivity index (χ4v) is 7.77. The molecule has 6 heteroatoms. The van der Waals surface area contributed by atoms with Crippen LogP contribution in [0.25, 0.3) is 92.6 Å². The Morgan fingerprint density at radius 1 is 0.467 bits per heavy atom. The predicted molar refractivity (Wildman–Crippen MR) is 185 cm³/mol. The smallest absolute Gasteiger partial charge is 0.238 e. The van der Waals surface area contributed by atoms with E-state index >= 15 is 0 Å². The molecule has 0 amide bonds. The lowest BCUT2D eigenvalue weighted by molar-refractivity contribution is 0.670. The van der Waals surface area contributed by atoms with Crippen molar-refractivity contribution in [3.63, 3.8) is 0 Å². The van der Waals surface area contributed by atoms with Crippen molar-refractivity contribution >= 4 is 75.3 Å². The zero-order valence-corrected chi connectivity index (χ0v) is 24.6. The van der Waals surface area contributed by atoms with Crippen LogP contribution in [-0.2, 0) is 0 Å². The monoisotopic (exact) mass is 594 g/mol. The van der Waals surface area contributed by atoms with Crippen LogP contribution in [0.5, 0.6) is 0 Å². The Morgan fingerprint density at radius 3 is 1.89 bits per heavy atom. The molecule has 6 aromatic carbocycles. The van der Waals surface area contributed by atoms with Crippen molar-refractivity contribution in [3.8, 4) is 28.7 Å². The number of aromatic nitrogens is 4. The molecule has 0 saturated heterocycles. The van der Waals surface area contributed by atoms with E-state index in [1.807, 2.05) is 72.0 Å².